The average Bonchev–Trinajstić information content (AvgIpc) is 2.96. The van der Waals surface area contributed by atoms with Crippen molar-refractivity contribution in [3.63, 3.8) is 0 Å². The topological polar surface area (TPSA) is 49.6 Å². The van der Waals surface area contributed by atoms with E-state index in [1.165, 1.54) is 0 Å². The van der Waals surface area contributed by atoms with Gasteiger partial charge in [-0.05, 0) is 26.3 Å². The molecule has 1 saturated heterocycles. The van der Waals surface area contributed by atoms with E-state index in [9.17, 15) is 18.0 Å². The molecule has 1 aliphatic rings. The number of nitrogens with zero attached hydrogens (tertiary/aromatic N) is 3. The highest BCUT2D eigenvalue weighted by Gasteiger charge is 2.36. The fourth-order valence-corrected chi connectivity index (χ4v) is 2.76. The predicted molar refractivity (Wildman–Crippen MR) is 72.8 cm³/mol. The van der Waals surface area contributed by atoms with Gasteiger partial charge >= 0.3 is 6.18 Å². The monoisotopic (exact) mass is 319 g/mol. The number of hydrogen-bond acceptors (Lipinski definition) is 4. The van der Waals surface area contributed by atoms with Crippen molar-refractivity contribution < 1.29 is 22.5 Å². The molecule has 5 nitrogen and oxygen atoms in total. The van der Waals surface area contributed by atoms with Crippen LogP contribution >= 0.6 is 0 Å². The second-order valence-electron chi connectivity index (χ2n) is 5.52. The minimum absolute atomic E-state index is 0.0664. The van der Waals surface area contributed by atoms with Gasteiger partial charge in [-0.2, -0.15) is 13.2 Å². The van der Waals surface area contributed by atoms with Crippen LogP contribution in [0, 0.1) is 5.92 Å². The van der Waals surface area contributed by atoms with Crippen LogP contribution in [0.25, 0.3) is 0 Å². The Morgan fingerprint density at radius 3 is 2.91 bits per heavy atom. The quantitative estimate of drug-likeness (QED) is 0.835. The molecule has 0 radical (unpaired) electrons. The Morgan fingerprint density at radius 1 is 1.55 bits per heavy atom. The zero-order chi connectivity index (χ0) is 16.2. The van der Waals surface area contributed by atoms with Crippen molar-refractivity contribution in [2.75, 3.05) is 26.2 Å². The highest BCUT2D eigenvalue weighted by atomic mass is 19.4. The summed E-state index contributed by atoms with van der Waals surface area (Å²) in [6, 6.07) is 1.74. The molecule has 1 fully saturated rings. The van der Waals surface area contributed by atoms with Gasteiger partial charge in [0.15, 0.2) is 5.76 Å². The third kappa shape index (κ3) is 4.72. The van der Waals surface area contributed by atoms with Crippen LogP contribution in [0.3, 0.4) is 0 Å². The van der Waals surface area contributed by atoms with Gasteiger partial charge in [0, 0.05) is 19.2 Å². The number of hydrogen-bond donors (Lipinski definition) is 0. The molecule has 2 rings (SSSR count). The van der Waals surface area contributed by atoms with Crippen LogP contribution in [-0.4, -0.2) is 53.2 Å². The maximum atomic E-state index is 12.5. The zero-order valence-corrected chi connectivity index (χ0v) is 12.5. The summed E-state index contributed by atoms with van der Waals surface area (Å²) < 4.78 is 42.6. The molecule has 0 aromatic carbocycles. The Labute approximate surface area is 127 Å². The summed E-state index contributed by atoms with van der Waals surface area (Å²) in [5.41, 5.74) is 0. The molecule has 124 valence electrons. The van der Waals surface area contributed by atoms with E-state index < -0.39 is 18.6 Å². The predicted octanol–water partition coefficient (Wildman–Crippen LogP) is 2.30. The van der Waals surface area contributed by atoms with Gasteiger partial charge in [-0.15, -0.1) is 0 Å². The van der Waals surface area contributed by atoms with E-state index in [1.54, 1.807) is 19.2 Å². The Bertz CT molecular complexity index is 476. The molecular formula is C14H20F3N3O2. The molecule has 1 atom stereocenters. The van der Waals surface area contributed by atoms with Crippen molar-refractivity contribution in [2.24, 2.45) is 5.92 Å². The van der Waals surface area contributed by atoms with E-state index in [4.69, 9.17) is 4.52 Å². The van der Waals surface area contributed by atoms with Crippen LogP contribution in [-0.2, 0) is 11.3 Å². The van der Waals surface area contributed by atoms with Crippen molar-refractivity contribution >= 4 is 5.91 Å². The highest BCUT2D eigenvalue weighted by Crippen LogP contribution is 2.23. The smallest absolute Gasteiger partial charge is 0.360 e. The molecule has 1 aromatic rings. The van der Waals surface area contributed by atoms with Gasteiger partial charge in [-0.1, -0.05) is 5.16 Å². The Kier molecular flexibility index (Phi) is 5.44. The Hall–Kier alpha value is -1.57. The molecule has 0 spiro atoms. The maximum absolute atomic E-state index is 12.5. The molecule has 1 amide bonds. The number of alkyl halides is 3. The van der Waals surface area contributed by atoms with E-state index in [-0.39, 0.29) is 12.5 Å². The van der Waals surface area contributed by atoms with Crippen molar-refractivity contribution in [1.82, 2.24) is 15.0 Å². The lowest BCUT2D eigenvalue weighted by atomic mass is 9.96. The van der Waals surface area contributed by atoms with Gasteiger partial charge in [-0.25, -0.2) is 0 Å². The molecule has 1 aliphatic heterocycles. The lowest BCUT2D eigenvalue weighted by Crippen LogP contribution is -2.47. The first-order valence-corrected chi connectivity index (χ1v) is 7.36. The molecule has 1 aromatic heterocycles. The number of carbonyl (C=O) groups excluding carboxylic acids is 1. The van der Waals surface area contributed by atoms with Crippen molar-refractivity contribution in [2.45, 2.75) is 32.5 Å². The molecular weight excluding hydrogens is 299 g/mol. The number of carbonyl (C=O) groups is 1. The van der Waals surface area contributed by atoms with E-state index in [1.807, 2.05) is 4.90 Å². The van der Waals surface area contributed by atoms with Crippen LogP contribution < -0.4 is 0 Å². The Balaban J connectivity index is 1.94. The SMILES string of the molecule is CCN(CC(F)(F)F)C(=O)[C@H]1CCCN(Cc2ccno2)C1. The van der Waals surface area contributed by atoms with Gasteiger partial charge in [0.25, 0.3) is 0 Å². The summed E-state index contributed by atoms with van der Waals surface area (Å²) in [4.78, 5) is 15.2. The third-order valence-corrected chi connectivity index (χ3v) is 3.79. The van der Waals surface area contributed by atoms with Crippen molar-refractivity contribution in [3.05, 3.63) is 18.0 Å². The molecule has 8 heteroatoms. The normalized spacial score (nSPS) is 20.1. The number of likely N-dealkylation sites (tertiary alicyclic amines) is 1. The fourth-order valence-electron chi connectivity index (χ4n) is 2.76. The fraction of sp³-hybridized carbons (Fsp3) is 0.714. The minimum Gasteiger partial charge on any atom is -0.360 e. The second-order valence-corrected chi connectivity index (χ2v) is 5.52. The summed E-state index contributed by atoms with van der Waals surface area (Å²) in [7, 11) is 0. The van der Waals surface area contributed by atoms with Gasteiger partial charge < -0.3 is 9.42 Å². The van der Waals surface area contributed by atoms with Crippen LogP contribution in [0.5, 0.6) is 0 Å². The van der Waals surface area contributed by atoms with E-state index in [0.29, 0.717) is 25.3 Å². The number of aromatic nitrogens is 1. The molecule has 0 aliphatic carbocycles. The minimum atomic E-state index is -4.36. The van der Waals surface area contributed by atoms with E-state index in [2.05, 4.69) is 5.16 Å². The van der Waals surface area contributed by atoms with Crippen LogP contribution in [0.2, 0.25) is 0 Å². The highest BCUT2D eigenvalue weighted by molar-refractivity contribution is 5.79. The summed E-state index contributed by atoms with van der Waals surface area (Å²) in [5.74, 6) is -0.114. The summed E-state index contributed by atoms with van der Waals surface area (Å²) >= 11 is 0. The zero-order valence-electron chi connectivity index (χ0n) is 12.5. The van der Waals surface area contributed by atoms with Crippen molar-refractivity contribution in [1.29, 1.82) is 0 Å². The second kappa shape index (κ2) is 7.13. The lowest BCUT2D eigenvalue weighted by Gasteiger charge is -2.34. The molecule has 0 N–H and O–H groups in total. The molecule has 22 heavy (non-hydrogen) atoms. The number of amides is 1. The number of piperidine rings is 1. The van der Waals surface area contributed by atoms with Gasteiger partial charge in [0.05, 0.1) is 18.7 Å². The van der Waals surface area contributed by atoms with Crippen LogP contribution in [0.1, 0.15) is 25.5 Å². The molecule has 0 saturated carbocycles. The average molecular weight is 319 g/mol. The maximum Gasteiger partial charge on any atom is 0.406 e. The van der Waals surface area contributed by atoms with Gasteiger partial charge in [0.1, 0.15) is 6.54 Å². The number of rotatable bonds is 5. The standard InChI is InChI=1S/C14H20F3N3O2/c1-2-20(10-14(15,16)17)13(21)11-4-3-7-19(8-11)9-12-5-6-18-22-12/h5-6,11H,2-4,7-10H2,1H3/t11-/m0/s1. The first kappa shape index (κ1) is 16.8. The lowest BCUT2D eigenvalue weighted by molar-refractivity contribution is -0.164. The summed E-state index contributed by atoms with van der Waals surface area (Å²) in [6.45, 7) is 2.23. The first-order valence-electron chi connectivity index (χ1n) is 7.36. The van der Waals surface area contributed by atoms with Crippen molar-refractivity contribution in [3.8, 4) is 0 Å². The number of halogens is 3. The van der Waals surface area contributed by atoms with Crippen LogP contribution in [0.4, 0.5) is 13.2 Å². The van der Waals surface area contributed by atoms with E-state index >= 15 is 0 Å². The van der Waals surface area contributed by atoms with Crippen LogP contribution in [0.15, 0.2) is 16.8 Å². The summed E-state index contributed by atoms with van der Waals surface area (Å²) in [6.07, 6.45) is -1.40. The molecule has 0 unspecified atom stereocenters. The molecule has 2 heterocycles. The first-order chi connectivity index (χ1) is 10.4. The van der Waals surface area contributed by atoms with Gasteiger partial charge in [0.2, 0.25) is 5.91 Å². The summed E-state index contributed by atoms with van der Waals surface area (Å²) in [5, 5.41) is 3.62. The molecule has 0 bridgehead atoms. The van der Waals surface area contributed by atoms with Gasteiger partial charge in [-0.3, -0.25) is 9.69 Å². The van der Waals surface area contributed by atoms with E-state index in [0.717, 1.165) is 17.9 Å². The largest absolute Gasteiger partial charge is 0.406 e. The third-order valence-electron chi connectivity index (χ3n) is 3.79. The Morgan fingerprint density at radius 2 is 2.32 bits per heavy atom.